The molecule has 0 bridgehead atoms. The number of urea groups is 1. The Hall–Kier alpha value is -4.41. The SMILES string of the molecule is C/C(=N\NC1=NCCN1)c1ccc(NC(=O)Nc2ccc(/C(C)=N/NC3=NCCN3)cc2)cc1. The summed E-state index contributed by atoms with van der Waals surface area (Å²) < 4.78 is 0. The molecule has 0 unspecified atom stereocenters. The van der Waals surface area contributed by atoms with E-state index in [1.54, 1.807) is 0 Å². The number of guanidine groups is 2. The number of nitrogens with zero attached hydrogens (tertiary/aromatic N) is 4. The van der Waals surface area contributed by atoms with Gasteiger partial charge in [0.1, 0.15) is 0 Å². The van der Waals surface area contributed by atoms with Crippen molar-refractivity contribution in [1.82, 2.24) is 21.5 Å². The van der Waals surface area contributed by atoms with Crippen molar-refractivity contribution in [1.29, 1.82) is 0 Å². The number of hydrazone groups is 2. The van der Waals surface area contributed by atoms with E-state index < -0.39 is 0 Å². The number of anilines is 2. The Kier molecular flexibility index (Phi) is 7.33. The molecule has 4 rings (SSSR count). The fraction of sp³-hybridized carbons (Fsp3) is 0.261. The van der Waals surface area contributed by atoms with E-state index in [-0.39, 0.29) is 6.03 Å². The maximum atomic E-state index is 12.4. The molecule has 0 radical (unpaired) electrons. The zero-order valence-corrected chi connectivity index (χ0v) is 19.1. The third-order valence-corrected chi connectivity index (χ3v) is 5.13. The number of amides is 2. The van der Waals surface area contributed by atoms with Crippen LogP contribution in [-0.4, -0.2) is 55.6 Å². The summed E-state index contributed by atoms with van der Waals surface area (Å²) in [4.78, 5) is 20.9. The first-order valence-corrected chi connectivity index (χ1v) is 11.0. The van der Waals surface area contributed by atoms with E-state index in [2.05, 4.69) is 52.3 Å². The number of benzene rings is 2. The fourth-order valence-electron chi connectivity index (χ4n) is 3.23. The predicted molar refractivity (Wildman–Crippen MR) is 137 cm³/mol. The van der Waals surface area contributed by atoms with Crippen molar-refractivity contribution in [2.24, 2.45) is 20.2 Å². The molecule has 2 amide bonds. The molecule has 0 aliphatic carbocycles. The first-order valence-electron chi connectivity index (χ1n) is 11.0. The molecule has 0 aromatic heterocycles. The molecule has 2 aromatic carbocycles. The van der Waals surface area contributed by atoms with Crippen LogP contribution >= 0.6 is 0 Å². The maximum absolute atomic E-state index is 12.4. The molecular formula is C23H28N10O. The Morgan fingerprint density at radius 1 is 0.735 bits per heavy atom. The quantitative estimate of drug-likeness (QED) is 0.289. The van der Waals surface area contributed by atoms with E-state index in [1.807, 2.05) is 62.4 Å². The number of carbonyl (C=O) groups is 1. The lowest BCUT2D eigenvalue weighted by Crippen LogP contribution is -2.30. The van der Waals surface area contributed by atoms with Crippen molar-refractivity contribution in [2.45, 2.75) is 13.8 Å². The normalized spacial score (nSPS) is 15.6. The average Bonchev–Trinajstić information content (AvgIpc) is 3.56. The molecule has 0 fully saturated rings. The van der Waals surface area contributed by atoms with Crippen LogP contribution in [0.25, 0.3) is 0 Å². The number of rotatable bonds is 6. The Balaban J connectivity index is 1.27. The second-order valence-electron chi connectivity index (χ2n) is 7.67. The van der Waals surface area contributed by atoms with Crippen LogP contribution in [0.1, 0.15) is 25.0 Å². The molecule has 176 valence electrons. The minimum absolute atomic E-state index is 0.324. The molecule has 11 nitrogen and oxygen atoms in total. The van der Waals surface area contributed by atoms with Gasteiger partial charge >= 0.3 is 6.03 Å². The molecule has 0 spiro atoms. The monoisotopic (exact) mass is 460 g/mol. The summed E-state index contributed by atoms with van der Waals surface area (Å²) in [5.41, 5.74) is 10.7. The van der Waals surface area contributed by atoms with Crippen molar-refractivity contribution in [3.63, 3.8) is 0 Å². The fourth-order valence-corrected chi connectivity index (χ4v) is 3.23. The van der Waals surface area contributed by atoms with Crippen molar-refractivity contribution in [3.8, 4) is 0 Å². The third-order valence-electron chi connectivity index (χ3n) is 5.13. The topological polar surface area (TPSA) is 139 Å². The van der Waals surface area contributed by atoms with Gasteiger partial charge in [0.25, 0.3) is 0 Å². The maximum Gasteiger partial charge on any atom is 0.323 e. The van der Waals surface area contributed by atoms with Crippen molar-refractivity contribution < 1.29 is 4.79 Å². The van der Waals surface area contributed by atoms with E-state index in [1.165, 1.54) is 0 Å². The van der Waals surface area contributed by atoms with Gasteiger partial charge in [-0.15, -0.1) is 0 Å². The Morgan fingerprint density at radius 3 is 1.50 bits per heavy atom. The lowest BCUT2D eigenvalue weighted by atomic mass is 10.1. The van der Waals surface area contributed by atoms with Gasteiger partial charge < -0.3 is 21.3 Å². The summed E-state index contributed by atoms with van der Waals surface area (Å²) in [6.45, 7) is 6.96. The molecule has 34 heavy (non-hydrogen) atoms. The predicted octanol–water partition coefficient (Wildman–Crippen LogP) is 1.88. The van der Waals surface area contributed by atoms with Crippen molar-refractivity contribution in [3.05, 3.63) is 59.7 Å². The van der Waals surface area contributed by atoms with Crippen LogP contribution in [0.2, 0.25) is 0 Å². The highest BCUT2D eigenvalue weighted by atomic mass is 16.2. The second-order valence-corrected chi connectivity index (χ2v) is 7.67. The minimum atomic E-state index is -0.324. The summed E-state index contributed by atoms with van der Waals surface area (Å²) in [5, 5.41) is 20.5. The molecular weight excluding hydrogens is 432 g/mol. The van der Waals surface area contributed by atoms with Gasteiger partial charge in [0.15, 0.2) is 0 Å². The smallest absolute Gasteiger partial charge is 0.323 e. The van der Waals surface area contributed by atoms with Gasteiger partial charge in [0.05, 0.1) is 24.5 Å². The summed E-state index contributed by atoms with van der Waals surface area (Å²) in [6.07, 6.45) is 0. The summed E-state index contributed by atoms with van der Waals surface area (Å²) in [7, 11) is 0. The van der Waals surface area contributed by atoms with Crippen LogP contribution in [0.3, 0.4) is 0 Å². The lowest BCUT2D eigenvalue weighted by Gasteiger charge is -2.10. The molecule has 2 aromatic rings. The molecule has 0 saturated carbocycles. The second kappa shape index (κ2) is 10.9. The highest BCUT2D eigenvalue weighted by Crippen LogP contribution is 2.13. The minimum Gasteiger partial charge on any atom is -0.353 e. The molecule has 2 aliphatic rings. The van der Waals surface area contributed by atoms with E-state index in [9.17, 15) is 4.79 Å². The van der Waals surface area contributed by atoms with Gasteiger partial charge in [0, 0.05) is 24.5 Å². The van der Waals surface area contributed by atoms with E-state index in [0.717, 1.165) is 48.7 Å². The van der Waals surface area contributed by atoms with Crippen molar-refractivity contribution >= 4 is 40.7 Å². The van der Waals surface area contributed by atoms with Gasteiger partial charge in [-0.05, 0) is 49.2 Å². The van der Waals surface area contributed by atoms with Gasteiger partial charge in [0.2, 0.25) is 11.9 Å². The van der Waals surface area contributed by atoms with Gasteiger partial charge in [-0.2, -0.15) is 10.2 Å². The van der Waals surface area contributed by atoms with E-state index >= 15 is 0 Å². The highest BCUT2D eigenvalue weighted by Gasteiger charge is 2.07. The highest BCUT2D eigenvalue weighted by molar-refractivity contribution is 6.03. The lowest BCUT2D eigenvalue weighted by molar-refractivity contribution is 0.262. The zero-order chi connectivity index (χ0) is 23.8. The molecule has 2 aliphatic heterocycles. The van der Waals surface area contributed by atoms with Crippen molar-refractivity contribution in [2.75, 3.05) is 36.8 Å². The average molecular weight is 461 g/mol. The van der Waals surface area contributed by atoms with E-state index in [4.69, 9.17) is 0 Å². The summed E-state index contributed by atoms with van der Waals surface area (Å²) in [6, 6.07) is 14.6. The molecule has 2 heterocycles. The summed E-state index contributed by atoms with van der Waals surface area (Å²) in [5.74, 6) is 1.36. The first-order chi connectivity index (χ1) is 16.6. The van der Waals surface area contributed by atoms with Gasteiger partial charge in [-0.3, -0.25) is 0 Å². The van der Waals surface area contributed by atoms with Crippen LogP contribution in [0.4, 0.5) is 16.2 Å². The number of hydrogen-bond donors (Lipinski definition) is 6. The van der Waals surface area contributed by atoms with E-state index in [0.29, 0.717) is 23.3 Å². The number of nitrogens with one attached hydrogen (secondary N) is 6. The van der Waals surface area contributed by atoms with Gasteiger partial charge in [-0.1, -0.05) is 24.3 Å². The Labute approximate surface area is 197 Å². The van der Waals surface area contributed by atoms with Gasteiger partial charge in [-0.25, -0.2) is 25.6 Å². The number of aliphatic imine (C=N–C) groups is 2. The molecule has 0 saturated heterocycles. The molecule has 11 heteroatoms. The zero-order valence-electron chi connectivity index (χ0n) is 19.1. The largest absolute Gasteiger partial charge is 0.353 e. The Morgan fingerprint density at radius 2 is 1.15 bits per heavy atom. The van der Waals surface area contributed by atoms with Crippen LogP contribution in [0.5, 0.6) is 0 Å². The van der Waals surface area contributed by atoms with Crippen LogP contribution in [0.15, 0.2) is 68.7 Å². The first kappa shape index (κ1) is 22.8. The van der Waals surface area contributed by atoms with Crippen LogP contribution in [0, 0.1) is 0 Å². The Bertz CT molecular complexity index is 1040. The third kappa shape index (κ3) is 6.31. The van der Waals surface area contributed by atoms with Crippen LogP contribution < -0.4 is 32.1 Å². The molecule has 0 atom stereocenters. The standard InChI is InChI=1S/C23H28N10O/c1-15(30-32-21-24-11-12-25-21)17-3-7-19(8-4-17)28-23(34)29-20-9-5-18(6-10-20)16(2)31-33-22-26-13-14-27-22/h3-10H,11-14H2,1-2H3,(H2,24,25,32)(H2,26,27,33)(H2,28,29,34)/b30-15+,31-16+. The van der Waals surface area contributed by atoms with Crippen LogP contribution in [-0.2, 0) is 0 Å². The number of carbonyl (C=O) groups excluding carboxylic acids is 1. The number of hydrogen-bond acceptors (Lipinski definition) is 9. The summed E-state index contributed by atoms with van der Waals surface area (Å²) >= 11 is 0. The molecule has 6 N–H and O–H groups in total.